The Morgan fingerprint density at radius 2 is 1.88 bits per heavy atom. The number of phenols is 1. The van der Waals surface area contributed by atoms with Crippen molar-refractivity contribution in [3.63, 3.8) is 0 Å². The van der Waals surface area contributed by atoms with Crippen LogP contribution in [0.2, 0.25) is 0 Å². The van der Waals surface area contributed by atoms with E-state index in [-0.39, 0.29) is 35.1 Å². The van der Waals surface area contributed by atoms with E-state index in [1.54, 1.807) is 0 Å². The fourth-order valence-corrected chi connectivity index (χ4v) is 4.64. The predicted octanol–water partition coefficient (Wildman–Crippen LogP) is 2.98. The molecule has 2 atom stereocenters. The summed E-state index contributed by atoms with van der Waals surface area (Å²) >= 11 is 0. The second kappa shape index (κ2) is 5.80. The lowest BCUT2D eigenvalue weighted by atomic mass is 9.65. The first-order valence-electron chi connectivity index (χ1n) is 8.43. The minimum atomic E-state index is -0.544. The molecule has 0 aromatic heterocycles. The van der Waals surface area contributed by atoms with Crippen LogP contribution in [0.5, 0.6) is 5.75 Å². The van der Waals surface area contributed by atoms with Crippen LogP contribution in [0.3, 0.4) is 0 Å². The number of phenolic OH excluding ortho intramolecular Hbond substituents is 1. The molecular weight excluding hydrogens is 306 g/mol. The zero-order valence-electron chi connectivity index (χ0n) is 14.5. The highest BCUT2D eigenvalue weighted by atomic mass is 16.5. The van der Waals surface area contributed by atoms with Gasteiger partial charge in [-0.1, -0.05) is 20.8 Å². The Morgan fingerprint density at radius 1 is 1.21 bits per heavy atom. The van der Waals surface area contributed by atoms with E-state index < -0.39 is 5.97 Å². The monoisotopic (exact) mass is 331 g/mol. The summed E-state index contributed by atoms with van der Waals surface area (Å²) in [5.74, 6) is -0.576. The lowest BCUT2D eigenvalue weighted by molar-refractivity contribution is -0.135. The van der Waals surface area contributed by atoms with Crippen molar-refractivity contribution < 1.29 is 19.4 Å². The van der Waals surface area contributed by atoms with Crippen LogP contribution in [0.4, 0.5) is 0 Å². The van der Waals surface area contributed by atoms with Crippen LogP contribution in [0.1, 0.15) is 50.4 Å². The number of carbonyl (C=O) groups excluding carboxylic acids is 2. The zero-order chi connectivity index (χ0) is 17.5. The van der Waals surface area contributed by atoms with Gasteiger partial charge in [-0.05, 0) is 54.4 Å². The molecule has 130 valence electrons. The van der Waals surface area contributed by atoms with E-state index in [9.17, 15) is 14.7 Å². The van der Waals surface area contributed by atoms with Gasteiger partial charge in [0.15, 0.2) is 6.61 Å². The Hall–Kier alpha value is -2.04. The van der Waals surface area contributed by atoms with Crippen molar-refractivity contribution in [1.82, 2.24) is 4.90 Å². The lowest BCUT2D eigenvalue weighted by Gasteiger charge is -2.39. The number of amides is 1. The molecule has 3 rings (SSSR count). The molecule has 2 aliphatic rings. The standard InChI is InChI=1S/C19H25NO4/c1-18(2)8-14-9-19(3,11-18)12-20(14)16(22)10-24-17(23)13-4-6-15(21)7-5-13/h4-7,14,21H,8-12H2,1-3H3/t14-,19+/m0/s1. The number of esters is 1. The number of benzene rings is 1. The Bertz CT molecular complexity index is 652. The van der Waals surface area contributed by atoms with Gasteiger partial charge in [0.1, 0.15) is 5.75 Å². The fourth-order valence-electron chi connectivity index (χ4n) is 4.64. The highest BCUT2D eigenvalue weighted by Gasteiger charge is 2.50. The van der Waals surface area contributed by atoms with Crippen LogP contribution in [0, 0.1) is 10.8 Å². The summed E-state index contributed by atoms with van der Waals surface area (Å²) < 4.78 is 5.16. The Labute approximate surface area is 142 Å². The Kier molecular flexibility index (Phi) is 4.06. The van der Waals surface area contributed by atoms with Gasteiger partial charge in [0.25, 0.3) is 5.91 Å². The van der Waals surface area contributed by atoms with Crippen LogP contribution in [0.25, 0.3) is 0 Å². The molecule has 1 saturated heterocycles. The van der Waals surface area contributed by atoms with E-state index in [4.69, 9.17) is 4.74 Å². The van der Waals surface area contributed by atoms with Crippen LogP contribution in [0.15, 0.2) is 24.3 Å². The lowest BCUT2D eigenvalue weighted by Crippen LogP contribution is -2.39. The molecule has 2 fully saturated rings. The van der Waals surface area contributed by atoms with Gasteiger partial charge >= 0.3 is 5.97 Å². The molecule has 1 aliphatic heterocycles. The van der Waals surface area contributed by atoms with E-state index in [2.05, 4.69) is 20.8 Å². The molecule has 1 saturated carbocycles. The number of hydrogen-bond acceptors (Lipinski definition) is 4. The Balaban J connectivity index is 1.60. The summed E-state index contributed by atoms with van der Waals surface area (Å²) in [7, 11) is 0. The van der Waals surface area contributed by atoms with E-state index >= 15 is 0 Å². The smallest absolute Gasteiger partial charge is 0.338 e. The van der Waals surface area contributed by atoms with Gasteiger partial charge < -0.3 is 14.7 Å². The fraction of sp³-hybridized carbons (Fsp3) is 0.579. The normalized spacial score (nSPS) is 27.8. The second-order valence-electron chi connectivity index (χ2n) is 8.36. The van der Waals surface area contributed by atoms with Crippen LogP contribution in [-0.4, -0.2) is 41.1 Å². The number of nitrogens with zero attached hydrogens (tertiary/aromatic N) is 1. The summed E-state index contributed by atoms with van der Waals surface area (Å²) in [5.41, 5.74) is 0.743. The van der Waals surface area contributed by atoms with Gasteiger partial charge in [0, 0.05) is 12.6 Å². The molecule has 1 aliphatic carbocycles. The molecule has 1 aromatic rings. The molecule has 5 heteroatoms. The molecule has 1 N–H and O–H groups in total. The van der Waals surface area contributed by atoms with Gasteiger partial charge in [0.05, 0.1) is 5.56 Å². The maximum absolute atomic E-state index is 12.5. The molecular formula is C19H25NO4. The summed E-state index contributed by atoms with van der Waals surface area (Å²) in [4.78, 5) is 26.4. The number of rotatable bonds is 3. The predicted molar refractivity (Wildman–Crippen MR) is 89.6 cm³/mol. The average molecular weight is 331 g/mol. The van der Waals surface area contributed by atoms with Crippen molar-refractivity contribution in [2.75, 3.05) is 13.2 Å². The highest BCUT2D eigenvalue weighted by molar-refractivity contribution is 5.91. The quantitative estimate of drug-likeness (QED) is 0.865. The maximum Gasteiger partial charge on any atom is 0.338 e. The molecule has 5 nitrogen and oxygen atoms in total. The molecule has 0 radical (unpaired) electrons. The molecule has 2 bridgehead atoms. The summed E-state index contributed by atoms with van der Waals surface area (Å²) in [5, 5.41) is 9.24. The third-order valence-corrected chi connectivity index (χ3v) is 5.16. The largest absolute Gasteiger partial charge is 0.508 e. The summed E-state index contributed by atoms with van der Waals surface area (Å²) in [6, 6.07) is 6.05. The first kappa shape index (κ1) is 16.8. The van der Waals surface area contributed by atoms with Crippen molar-refractivity contribution in [2.45, 2.75) is 46.1 Å². The highest BCUT2D eigenvalue weighted by Crippen LogP contribution is 2.52. The molecule has 1 amide bonds. The molecule has 0 spiro atoms. The number of carbonyl (C=O) groups is 2. The van der Waals surface area contributed by atoms with Gasteiger partial charge in [-0.2, -0.15) is 0 Å². The van der Waals surface area contributed by atoms with E-state index in [0.29, 0.717) is 5.56 Å². The first-order chi connectivity index (χ1) is 11.2. The van der Waals surface area contributed by atoms with Crippen molar-refractivity contribution in [3.05, 3.63) is 29.8 Å². The van der Waals surface area contributed by atoms with Crippen LogP contribution in [-0.2, 0) is 9.53 Å². The van der Waals surface area contributed by atoms with Crippen molar-refractivity contribution in [1.29, 1.82) is 0 Å². The van der Waals surface area contributed by atoms with Crippen molar-refractivity contribution in [2.24, 2.45) is 10.8 Å². The summed E-state index contributed by atoms with van der Waals surface area (Å²) in [6.45, 7) is 7.28. The number of aromatic hydroxyl groups is 1. The van der Waals surface area contributed by atoms with Gasteiger partial charge in [-0.25, -0.2) is 4.79 Å². The topological polar surface area (TPSA) is 66.8 Å². The number of ether oxygens (including phenoxy) is 1. The van der Waals surface area contributed by atoms with E-state index in [0.717, 1.165) is 25.8 Å². The maximum atomic E-state index is 12.5. The number of fused-ring (bicyclic) bond motifs is 2. The van der Waals surface area contributed by atoms with E-state index in [1.807, 2.05) is 4.90 Å². The third-order valence-electron chi connectivity index (χ3n) is 5.16. The third kappa shape index (κ3) is 3.40. The zero-order valence-corrected chi connectivity index (χ0v) is 14.5. The van der Waals surface area contributed by atoms with Gasteiger partial charge in [-0.15, -0.1) is 0 Å². The minimum absolute atomic E-state index is 0.0860. The van der Waals surface area contributed by atoms with Crippen molar-refractivity contribution >= 4 is 11.9 Å². The van der Waals surface area contributed by atoms with Crippen molar-refractivity contribution in [3.8, 4) is 5.75 Å². The minimum Gasteiger partial charge on any atom is -0.508 e. The van der Waals surface area contributed by atoms with Gasteiger partial charge in [-0.3, -0.25) is 4.79 Å². The average Bonchev–Trinajstić information content (AvgIpc) is 2.74. The number of hydrogen-bond donors (Lipinski definition) is 1. The Morgan fingerprint density at radius 3 is 2.54 bits per heavy atom. The van der Waals surface area contributed by atoms with Crippen LogP contribution < -0.4 is 0 Å². The first-order valence-corrected chi connectivity index (χ1v) is 8.43. The molecule has 1 heterocycles. The second-order valence-corrected chi connectivity index (χ2v) is 8.36. The summed E-state index contributed by atoms with van der Waals surface area (Å²) in [6.07, 6.45) is 3.15. The molecule has 0 unspecified atom stereocenters. The van der Waals surface area contributed by atoms with Crippen LogP contribution >= 0.6 is 0 Å². The molecule has 1 aromatic carbocycles. The SMILES string of the molecule is CC1(C)C[C@H]2C[C@@](C)(CN2C(=O)COC(=O)c2ccc(O)cc2)C1. The molecule has 24 heavy (non-hydrogen) atoms. The number of likely N-dealkylation sites (tertiary alicyclic amines) is 1. The van der Waals surface area contributed by atoms with E-state index in [1.165, 1.54) is 24.3 Å². The van der Waals surface area contributed by atoms with Gasteiger partial charge in [0.2, 0.25) is 0 Å².